The molecule has 0 fully saturated rings. The van der Waals surface area contributed by atoms with Crippen LogP contribution in [0.4, 0.5) is 0 Å². The van der Waals surface area contributed by atoms with Gasteiger partial charge in [-0.1, -0.05) is 0 Å². The highest BCUT2D eigenvalue weighted by Gasteiger charge is 2.19. The number of halogens is 2. The topological polar surface area (TPSA) is 120 Å². The minimum absolute atomic E-state index is 0.101. The molecule has 2 atom stereocenters. The quantitative estimate of drug-likeness (QED) is 0.277. The monoisotopic (exact) mass is 540 g/mol. The van der Waals surface area contributed by atoms with Crippen molar-refractivity contribution in [3.05, 3.63) is 18.8 Å². The van der Waals surface area contributed by atoms with E-state index in [1.165, 1.54) is 0 Å². The molecule has 22 heavy (non-hydrogen) atoms. The summed E-state index contributed by atoms with van der Waals surface area (Å²) in [6.45, 7) is -1.27. The van der Waals surface area contributed by atoms with E-state index in [0.717, 1.165) is 0 Å². The molecule has 1 aromatic carbocycles. The van der Waals surface area contributed by atoms with Gasteiger partial charge in [0, 0.05) is 0 Å². The summed E-state index contributed by atoms with van der Waals surface area (Å²) in [6, 6.07) is 1.63. The maximum absolute atomic E-state index is 9.41. The zero-order valence-electron chi connectivity index (χ0n) is 11.6. The molecule has 0 amide bonds. The number of aliphatic hydroxyl groups excluding tert-OH is 5. The minimum Gasteiger partial charge on any atom is -0.490 e. The summed E-state index contributed by atoms with van der Waals surface area (Å²) in [7, 11) is 0. The Morgan fingerprint density at radius 2 is 1.45 bits per heavy atom. The molecule has 0 radical (unpaired) electrons. The van der Waals surface area contributed by atoms with Crippen LogP contribution in [0.3, 0.4) is 0 Å². The van der Waals surface area contributed by atoms with E-state index in [1.807, 2.05) is 45.2 Å². The van der Waals surface area contributed by atoms with Crippen molar-refractivity contribution in [3.63, 3.8) is 0 Å². The van der Waals surface area contributed by atoms with Crippen molar-refractivity contribution < 1.29 is 35.0 Å². The van der Waals surface area contributed by atoms with Gasteiger partial charge in [-0.05, 0) is 56.8 Å². The number of ether oxygens (including phenoxy) is 2. The van der Waals surface area contributed by atoms with Crippen LogP contribution in [-0.4, -0.2) is 64.2 Å². The fourth-order valence-corrected chi connectivity index (χ4v) is 3.46. The summed E-state index contributed by atoms with van der Waals surface area (Å²) in [5.74, 6) is 0.819. The van der Waals surface area contributed by atoms with E-state index in [9.17, 15) is 15.3 Å². The molecule has 0 saturated heterocycles. The van der Waals surface area contributed by atoms with Crippen LogP contribution >= 0.6 is 45.2 Å². The van der Waals surface area contributed by atoms with Crippen molar-refractivity contribution in [2.45, 2.75) is 18.8 Å². The Bertz CT molecular complexity index is 484. The molecule has 0 aliphatic heterocycles. The van der Waals surface area contributed by atoms with Gasteiger partial charge in [-0.2, -0.15) is 0 Å². The highest BCUT2D eigenvalue weighted by Crippen LogP contribution is 2.37. The third-order valence-electron chi connectivity index (χ3n) is 2.65. The largest absolute Gasteiger partial charge is 0.490 e. The highest BCUT2D eigenvalue weighted by atomic mass is 127. The lowest BCUT2D eigenvalue weighted by Gasteiger charge is -2.18. The second-order valence-electron chi connectivity index (χ2n) is 4.44. The lowest BCUT2D eigenvalue weighted by atomic mass is 10.2. The second-order valence-corrected chi connectivity index (χ2v) is 6.60. The first-order chi connectivity index (χ1) is 10.4. The molecular weight excluding hydrogens is 522 g/mol. The van der Waals surface area contributed by atoms with Crippen molar-refractivity contribution in [3.8, 4) is 11.5 Å². The molecule has 0 aromatic heterocycles. The second kappa shape index (κ2) is 10.1. The Morgan fingerprint density at radius 1 is 0.909 bits per heavy atom. The van der Waals surface area contributed by atoms with Gasteiger partial charge < -0.3 is 35.0 Å². The summed E-state index contributed by atoms with van der Waals surface area (Å²) in [6.07, 6.45) is -2.02. The van der Waals surface area contributed by atoms with Gasteiger partial charge in [0.05, 0.1) is 27.0 Å². The van der Waals surface area contributed by atoms with Gasteiger partial charge in [0.2, 0.25) is 0 Å². The van der Waals surface area contributed by atoms with Gasteiger partial charge in [-0.15, -0.1) is 0 Å². The van der Waals surface area contributed by atoms with Gasteiger partial charge in [0.1, 0.15) is 36.9 Å². The SMILES string of the molecule is OCc1cc(OCC(O)CO)c(I)c(OCC(O)CO)c1I. The molecular formula is C13H18I2O7. The van der Waals surface area contributed by atoms with Crippen LogP contribution in [0.25, 0.3) is 0 Å². The van der Waals surface area contributed by atoms with Crippen LogP contribution in [0.1, 0.15) is 5.56 Å². The molecule has 1 aromatic rings. The van der Waals surface area contributed by atoms with Gasteiger partial charge >= 0.3 is 0 Å². The predicted octanol–water partition coefficient (Wildman–Crippen LogP) is -0.148. The zero-order chi connectivity index (χ0) is 16.7. The zero-order valence-corrected chi connectivity index (χ0v) is 15.9. The predicted molar refractivity (Wildman–Crippen MR) is 95.0 cm³/mol. The fraction of sp³-hybridized carbons (Fsp3) is 0.538. The van der Waals surface area contributed by atoms with Crippen molar-refractivity contribution in [2.75, 3.05) is 26.4 Å². The summed E-state index contributed by atoms with van der Waals surface area (Å²) in [5, 5.41) is 45.8. The maximum Gasteiger partial charge on any atom is 0.150 e. The molecule has 126 valence electrons. The number of hydrogen-bond donors (Lipinski definition) is 5. The van der Waals surface area contributed by atoms with E-state index >= 15 is 0 Å². The summed E-state index contributed by atoms with van der Waals surface area (Å²) in [4.78, 5) is 0. The van der Waals surface area contributed by atoms with Crippen LogP contribution in [0.2, 0.25) is 0 Å². The Kier molecular flexibility index (Phi) is 9.19. The fourth-order valence-electron chi connectivity index (χ4n) is 1.46. The molecule has 0 heterocycles. The standard InChI is InChI=1S/C13H18I2O7/c14-11-7(2-16)1-10(21-5-8(19)3-17)12(15)13(11)22-6-9(20)4-18/h1,8-9,16-20H,2-6H2. The molecule has 0 aliphatic rings. The van der Waals surface area contributed by atoms with Gasteiger partial charge in [-0.25, -0.2) is 0 Å². The third-order valence-corrected chi connectivity index (χ3v) is 4.85. The minimum atomic E-state index is -1.01. The van der Waals surface area contributed by atoms with Crippen molar-refractivity contribution >= 4 is 45.2 Å². The average molecular weight is 540 g/mol. The smallest absolute Gasteiger partial charge is 0.150 e. The molecule has 2 unspecified atom stereocenters. The number of aliphatic hydroxyl groups is 5. The molecule has 0 spiro atoms. The van der Waals surface area contributed by atoms with E-state index in [4.69, 9.17) is 19.7 Å². The molecule has 1 rings (SSSR count). The molecule has 9 heteroatoms. The number of benzene rings is 1. The van der Waals surface area contributed by atoms with Crippen molar-refractivity contribution in [2.24, 2.45) is 0 Å². The highest BCUT2D eigenvalue weighted by molar-refractivity contribution is 14.1. The molecule has 5 N–H and O–H groups in total. The van der Waals surface area contributed by atoms with E-state index < -0.39 is 25.4 Å². The van der Waals surface area contributed by atoms with Gasteiger partial charge in [0.25, 0.3) is 0 Å². The first-order valence-electron chi connectivity index (χ1n) is 6.39. The lowest BCUT2D eigenvalue weighted by molar-refractivity contribution is 0.0503. The molecule has 7 nitrogen and oxygen atoms in total. The third kappa shape index (κ3) is 5.62. The van der Waals surface area contributed by atoms with E-state index in [2.05, 4.69) is 0 Å². The van der Waals surface area contributed by atoms with Crippen LogP contribution in [0, 0.1) is 7.14 Å². The van der Waals surface area contributed by atoms with Crippen molar-refractivity contribution in [1.82, 2.24) is 0 Å². The molecule has 0 saturated carbocycles. The lowest BCUT2D eigenvalue weighted by Crippen LogP contribution is -2.23. The summed E-state index contributed by atoms with van der Waals surface area (Å²) >= 11 is 4.00. The van der Waals surface area contributed by atoms with Crippen LogP contribution in [-0.2, 0) is 6.61 Å². The Labute approximate surface area is 155 Å². The number of rotatable bonds is 9. The van der Waals surface area contributed by atoms with Crippen LogP contribution in [0.15, 0.2) is 6.07 Å². The van der Waals surface area contributed by atoms with Crippen molar-refractivity contribution in [1.29, 1.82) is 0 Å². The van der Waals surface area contributed by atoms with E-state index in [-0.39, 0.29) is 19.8 Å². The Hall–Kier alpha value is 0.0800. The Balaban J connectivity index is 3.02. The Morgan fingerprint density at radius 3 is 1.95 bits per heavy atom. The maximum atomic E-state index is 9.41. The van der Waals surface area contributed by atoms with Gasteiger partial charge in [0.15, 0.2) is 0 Å². The summed E-state index contributed by atoms with van der Waals surface area (Å²) < 4.78 is 12.2. The molecule has 0 aliphatic carbocycles. The first kappa shape index (κ1) is 20.1. The van der Waals surface area contributed by atoms with Crippen LogP contribution < -0.4 is 9.47 Å². The summed E-state index contributed by atoms with van der Waals surface area (Å²) in [5.41, 5.74) is 0.572. The normalized spacial score (nSPS) is 13.8. The number of hydrogen-bond acceptors (Lipinski definition) is 7. The van der Waals surface area contributed by atoms with E-state index in [1.54, 1.807) is 6.07 Å². The molecule has 0 bridgehead atoms. The van der Waals surface area contributed by atoms with E-state index in [0.29, 0.717) is 24.2 Å². The first-order valence-corrected chi connectivity index (χ1v) is 8.55. The average Bonchev–Trinajstić information content (AvgIpc) is 2.53. The van der Waals surface area contributed by atoms with Gasteiger partial charge in [-0.3, -0.25) is 0 Å². The van der Waals surface area contributed by atoms with Crippen LogP contribution in [0.5, 0.6) is 11.5 Å².